The fraction of sp³-hybridized carbons (Fsp3) is 0.467. The van der Waals surface area contributed by atoms with Crippen LogP contribution in [0, 0.1) is 5.92 Å². The second-order valence-corrected chi connectivity index (χ2v) is 11.3. The second-order valence-electron chi connectivity index (χ2n) is 10.3. The summed E-state index contributed by atoms with van der Waals surface area (Å²) in [6.07, 6.45) is 3.60. The van der Waals surface area contributed by atoms with Gasteiger partial charge in [0.1, 0.15) is 5.76 Å². The van der Waals surface area contributed by atoms with Gasteiger partial charge in [-0.1, -0.05) is 45.0 Å². The molecule has 0 spiro atoms. The van der Waals surface area contributed by atoms with Gasteiger partial charge >= 0.3 is 0 Å². The van der Waals surface area contributed by atoms with Gasteiger partial charge in [0.25, 0.3) is 5.91 Å². The van der Waals surface area contributed by atoms with Gasteiger partial charge in [-0.05, 0) is 60.9 Å². The summed E-state index contributed by atoms with van der Waals surface area (Å²) >= 11 is 1.61. The summed E-state index contributed by atoms with van der Waals surface area (Å²) in [5.41, 5.74) is 1.46. The molecule has 3 atom stereocenters. The quantitative estimate of drug-likeness (QED) is 0.293. The number of hydrogen-bond acceptors (Lipinski definition) is 5. The molecule has 2 amide bonds. The van der Waals surface area contributed by atoms with Gasteiger partial charge in [-0.2, -0.15) is 0 Å². The highest BCUT2D eigenvalue weighted by Crippen LogP contribution is 2.44. The van der Waals surface area contributed by atoms with Crippen molar-refractivity contribution in [3.63, 3.8) is 0 Å². The number of carbonyl (C=O) groups is 2. The van der Waals surface area contributed by atoms with E-state index in [9.17, 15) is 9.59 Å². The van der Waals surface area contributed by atoms with E-state index in [2.05, 4.69) is 37.9 Å². The van der Waals surface area contributed by atoms with E-state index in [1.54, 1.807) is 17.6 Å². The van der Waals surface area contributed by atoms with Crippen LogP contribution in [0.5, 0.6) is 0 Å². The maximum atomic E-state index is 13.8. The molecule has 0 bridgehead atoms. The molecule has 0 saturated carbocycles. The van der Waals surface area contributed by atoms with Gasteiger partial charge in [0.2, 0.25) is 5.91 Å². The largest absolute Gasteiger partial charge is 0.468 e. The number of nitrogens with zero attached hydrogens (tertiary/aromatic N) is 2. The minimum atomic E-state index is -0.444. The Kier molecular flexibility index (Phi) is 9.22. The molecule has 3 aromatic rings. The Hall–Kier alpha value is -2.90. The number of fused-ring (bicyclic) bond motifs is 1. The van der Waals surface area contributed by atoms with Crippen LogP contribution in [0.4, 0.5) is 0 Å². The first-order valence-corrected chi connectivity index (χ1v) is 14.3. The van der Waals surface area contributed by atoms with E-state index in [4.69, 9.17) is 4.42 Å². The highest BCUT2D eigenvalue weighted by atomic mass is 32.1. The van der Waals surface area contributed by atoms with Gasteiger partial charge in [0, 0.05) is 36.1 Å². The van der Waals surface area contributed by atoms with Crippen molar-refractivity contribution >= 4 is 23.2 Å². The molecular weight excluding hydrogens is 482 g/mol. The molecule has 7 heteroatoms. The molecule has 37 heavy (non-hydrogen) atoms. The Morgan fingerprint density at radius 1 is 1.14 bits per heavy atom. The molecule has 0 radical (unpaired) electrons. The highest BCUT2D eigenvalue weighted by molar-refractivity contribution is 7.10. The third kappa shape index (κ3) is 6.33. The van der Waals surface area contributed by atoms with Crippen molar-refractivity contribution in [1.82, 2.24) is 15.1 Å². The fourth-order valence-electron chi connectivity index (χ4n) is 5.17. The Morgan fingerprint density at radius 2 is 1.95 bits per heavy atom. The van der Waals surface area contributed by atoms with Crippen LogP contribution in [0.3, 0.4) is 0 Å². The van der Waals surface area contributed by atoms with E-state index >= 15 is 0 Å². The monoisotopic (exact) mass is 521 g/mol. The van der Waals surface area contributed by atoms with Gasteiger partial charge in [0.05, 0.1) is 24.8 Å². The van der Waals surface area contributed by atoms with Crippen molar-refractivity contribution in [3.8, 4) is 0 Å². The number of hydrogen-bond donors (Lipinski definition) is 1. The lowest BCUT2D eigenvalue weighted by Crippen LogP contribution is -2.48. The van der Waals surface area contributed by atoms with Crippen molar-refractivity contribution in [2.75, 3.05) is 19.6 Å². The predicted octanol–water partition coefficient (Wildman–Crippen LogP) is 6.08. The molecule has 3 heterocycles. The van der Waals surface area contributed by atoms with Gasteiger partial charge in [-0.3, -0.25) is 14.5 Å². The molecular formula is C30H39N3O3S. The SMILES string of the molecule is CC[C@H](C)N(CCCNC(=O)[C@@H]1c2ccccc2C(=O)N(CC(C)C)[C@H]1c1cccs1)Cc1ccco1. The Morgan fingerprint density at radius 3 is 2.62 bits per heavy atom. The smallest absolute Gasteiger partial charge is 0.254 e. The van der Waals surface area contributed by atoms with Crippen molar-refractivity contribution < 1.29 is 14.0 Å². The molecule has 0 fully saturated rings. The van der Waals surface area contributed by atoms with Crippen LogP contribution in [0.1, 0.15) is 79.1 Å². The molecule has 0 unspecified atom stereocenters. The lowest BCUT2D eigenvalue weighted by Gasteiger charge is -2.42. The van der Waals surface area contributed by atoms with Crippen LogP contribution < -0.4 is 5.32 Å². The highest BCUT2D eigenvalue weighted by Gasteiger charge is 2.44. The zero-order chi connectivity index (χ0) is 26.4. The number of benzene rings is 1. The lowest BCUT2D eigenvalue weighted by molar-refractivity contribution is -0.124. The average Bonchev–Trinajstić information content (AvgIpc) is 3.61. The standard InChI is InChI=1S/C30H39N3O3S/c1-5-22(4)32(20-23-11-8-17-36-23)16-10-15-31-29(34)27-24-12-6-7-13-25(24)30(35)33(19-21(2)3)28(27)26-14-9-18-37-26/h6-9,11-14,17-18,21-22,27-28H,5,10,15-16,19-20H2,1-4H3,(H,31,34)/t22-,27+,28-/m0/s1. The second kappa shape index (κ2) is 12.6. The molecule has 0 saturated heterocycles. The summed E-state index contributed by atoms with van der Waals surface area (Å²) in [4.78, 5) is 32.8. The number of furan rings is 1. The molecule has 1 N–H and O–H groups in total. The van der Waals surface area contributed by atoms with Gasteiger partial charge in [-0.25, -0.2) is 0 Å². The van der Waals surface area contributed by atoms with E-state index in [1.165, 1.54) is 0 Å². The number of carbonyl (C=O) groups excluding carboxylic acids is 2. The minimum Gasteiger partial charge on any atom is -0.468 e. The zero-order valence-electron chi connectivity index (χ0n) is 22.4. The van der Waals surface area contributed by atoms with Crippen molar-refractivity contribution in [3.05, 3.63) is 81.9 Å². The number of thiophene rings is 1. The maximum Gasteiger partial charge on any atom is 0.254 e. The third-order valence-corrected chi connectivity index (χ3v) is 8.14. The molecule has 6 nitrogen and oxygen atoms in total. The molecule has 1 aromatic carbocycles. The summed E-state index contributed by atoms with van der Waals surface area (Å²) in [5, 5.41) is 5.24. The first-order chi connectivity index (χ1) is 17.9. The Balaban J connectivity index is 1.51. The number of rotatable bonds is 12. The van der Waals surface area contributed by atoms with Crippen LogP contribution in [0.15, 0.2) is 64.6 Å². The summed E-state index contributed by atoms with van der Waals surface area (Å²) < 4.78 is 5.57. The average molecular weight is 522 g/mol. The van der Waals surface area contributed by atoms with Gasteiger partial charge < -0.3 is 14.6 Å². The van der Waals surface area contributed by atoms with Crippen molar-refractivity contribution in [2.24, 2.45) is 5.92 Å². The third-order valence-electron chi connectivity index (χ3n) is 7.19. The first kappa shape index (κ1) is 27.1. The van der Waals surface area contributed by atoms with E-state index in [1.807, 2.05) is 58.8 Å². The summed E-state index contributed by atoms with van der Waals surface area (Å²) in [7, 11) is 0. The van der Waals surface area contributed by atoms with Gasteiger partial charge in [0.15, 0.2) is 0 Å². The van der Waals surface area contributed by atoms with Crippen LogP contribution in [0.2, 0.25) is 0 Å². The number of nitrogens with one attached hydrogen (secondary N) is 1. The normalized spacial score (nSPS) is 18.3. The zero-order valence-corrected chi connectivity index (χ0v) is 23.2. The summed E-state index contributed by atoms with van der Waals surface area (Å²) in [6, 6.07) is 15.7. The molecule has 1 aliphatic heterocycles. The molecule has 1 aliphatic rings. The Labute approximate surface area is 224 Å². The van der Waals surface area contributed by atoms with Gasteiger partial charge in [-0.15, -0.1) is 11.3 Å². The molecule has 4 rings (SSSR count). The van der Waals surface area contributed by atoms with Crippen molar-refractivity contribution in [1.29, 1.82) is 0 Å². The van der Waals surface area contributed by atoms with Crippen molar-refractivity contribution in [2.45, 2.75) is 65.1 Å². The van der Waals surface area contributed by atoms with Crippen LogP contribution in [0.25, 0.3) is 0 Å². The molecule has 0 aliphatic carbocycles. The van der Waals surface area contributed by atoms with Crippen LogP contribution >= 0.6 is 11.3 Å². The van der Waals surface area contributed by atoms with E-state index < -0.39 is 5.92 Å². The maximum absolute atomic E-state index is 13.8. The minimum absolute atomic E-state index is 0.00821. The number of amides is 2. The van der Waals surface area contributed by atoms with E-state index in [0.29, 0.717) is 30.6 Å². The molecule has 2 aromatic heterocycles. The fourth-order valence-corrected chi connectivity index (χ4v) is 6.04. The lowest BCUT2D eigenvalue weighted by atomic mass is 9.81. The van der Waals surface area contributed by atoms with E-state index in [0.717, 1.165) is 42.1 Å². The predicted molar refractivity (Wildman–Crippen MR) is 149 cm³/mol. The Bertz CT molecular complexity index is 1140. The van der Waals surface area contributed by atoms with Crippen LogP contribution in [-0.2, 0) is 11.3 Å². The van der Waals surface area contributed by atoms with Crippen LogP contribution in [-0.4, -0.2) is 47.3 Å². The summed E-state index contributed by atoms with van der Waals surface area (Å²) in [6.45, 7) is 11.5. The first-order valence-electron chi connectivity index (χ1n) is 13.4. The van der Waals surface area contributed by atoms with E-state index in [-0.39, 0.29) is 17.9 Å². The topological polar surface area (TPSA) is 65.8 Å². The summed E-state index contributed by atoms with van der Waals surface area (Å²) in [5.74, 6) is 0.792. The molecule has 198 valence electrons.